The Bertz CT molecular complexity index is 431. The number of piperazine rings is 1. The van der Waals surface area contributed by atoms with Gasteiger partial charge in [0, 0.05) is 31.2 Å². The molecular weight excluding hydrogens is 256 g/mol. The van der Waals surface area contributed by atoms with Crippen molar-refractivity contribution in [1.82, 2.24) is 10.2 Å². The molecule has 1 heterocycles. The van der Waals surface area contributed by atoms with Gasteiger partial charge in [0.2, 0.25) is 0 Å². The van der Waals surface area contributed by atoms with Crippen molar-refractivity contribution >= 4 is 0 Å². The summed E-state index contributed by atoms with van der Waals surface area (Å²) in [5, 5.41) is 3.79. The molecule has 0 saturated carbocycles. The van der Waals surface area contributed by atoms with Gasteiger partial charge in [-0.25, -0.2) is 0 Å². The first kappa shape index (κ1) is 16.5. The van der Waals surface area contributed by atoms with Crippen molar-refractivity contribution in [2.24, 2.45) is 5.92 Å². The summed E-state index contributed by atoms with van der Waals surface area (Å²) in [6, 6.07) is 9.66. The molecule has 1 N–H and O–H groups in total. The van der Waals surface area contributed by atoms with E-state index in [4.69, 9.17) is 0 Å². The Balaban J connectivity index is 2.18. The fourth-order valence-electron chi connectivity index (χ4n) is 3.47. The van der Waals surface area contributed by atoms with Crippen LogP contribution < -0.4 is 5.32 Å². The van der Waals surface area contributed by atoms with Gasteiger partial charge < -0.3 is 5.32 Å². The number of nitrogens with one attached hydrogen (secondary N) is 1. The molecule has 1 aliphatic rings. The van der Waals surface area contributed by atoms with E-state index >= 15 is 0 Å². The van der Waals surface area contributed by atoms with Crippen molar-refractivity contribution in [2.45, 2.75) is 65.6 Å². The summed E-state index contributed by atoms with van der Waals surface area (Å²) in [6.07, 6.45) is 2.43. The molecule has 118 valence electrons. The van der Waals surface area contributed by atoms with Gasteiger partial charge in [-0.05, 0) is 31.2 Å². The number of nitrogens with zero attached hydrogens (tertiary/aromatic N) is 1. The Labute approximate surface area is 130 Å². The first-order valence-corrected chi connectivity index (χ1v) is 8.54. The lowest BCUT2D eigenvalue weighted by molar-refractivity contribution is 0.0156. The standard InChI is InChI=1S/C19H32N2/c1-6-19(7-2)14-20-18(15(3)4)13-21(19)12-17-10-8-16(5)9-11-17/h8-11,15,18,20H,6-7,12-14H2,1-5H3. The number of rotatable bonds is 5. The van der Waals surface area contributed by atoms with Crippen LogP contribution in [-0.2, 0) is 6.54 Å². The first-order valence-electron chi connectivity index (χ1n) is 8.54. The minimum Gasteiger partial charge on any atom is -0.311 e. The third-order valence-electron chi connectivity index (χ3n) is 5.40. The lowest BCUT2D eigenvalue weighted by Crippen LogP contribution is -2.64. The largest absolute Gasteiger partial charge is 0.311 e. The molecule has 2 heteroatoms. The van der Waals surface area contributed by atoms with E-state index in [1.807, 2.05) is 0 Å². The van der Waals surface area contributed by atoms with Gasteiger partial charge in [-0.1, -0.05) is 57.5 Å². The van der Waals surface area contributed by atoms with Crippen LogP contribution in [0.1, 0.15) is 51.7 Å². The quantitative estimate of drug-likeness (QED) is 0.881. The predicted molar refractivity (Wildman–Crippen MR) is 91.5 cm³/mol. The summed E-state index contributed by atoms with van der Waals surface area (Å²) < 4.78 is 0. The minimum atomic E-state index is 0.316. The maximum atomic E-state index is 3.79. The smallest absolute Gasteiger partial charge is 0.0333 e. The molecule has 1 unspecified atom stereocenters. The predicted octanol–water partition coefficient (Wildman–Crippen LogP) is 3.98. The van der Waals surface area contributed by atoms with Crippen LogP contribution in [-0.4, -0.2) is 29.6 Å². The number of hydrogen-bond donors (Lipinski definition) is 1. The molecule has 0 aliphatic carbocycles. The van der Waals surface area contributed by atoms with E-state index in [0.717, 1.165) is 19.6 Å². The molecule has 0 amide bonds. The van der Waals surface area contributed by atoms with Gasteiger partial charge in [0.15, 0.2) is 0 Å². The van der Waals surface area contributed by atoms with Gasteiger partial charge in [0.1, 0.15) is 0 Å². The highest BCUT2D eigenvalue weighted by Crippen LogP contribution is 2.30. The second-order valence-electron chi connectivity index (χ2n) is 7.03. The molecule has 2 nitrogen and oxygen atoms in total. The summed E-state index contributed by atoms with van der Waals surface area (Å²) in [5.74, 6) is 0.692. The summed E-state index contributed by atoms with van der Waals surface area (Å²) in [6.45, 7) is 14.8. The highest BCUT2D eigenvalue weighted by Gasteiger charge is 2.39. The van der Waals surface area contributed by atoms with Crippen molar-refractivity contribution in [3.05, 3.63) is 35.4 Å². The molecular formula is C19H32N2. The summed E-state index contributed by atoms with van der Waals surface area (Å²) in [4.78, 5) is 2.73. The monoisotopic (exact) mass is 288 g/mol. The normalized spacial score (nSPS) is 22.7. The second-order valence-corrected chi connectivity index (χ2v) is 7.03. The molecule has 0 bridgehead atoms. The molecule has 1 aromatic rings. The first-order chi connectivity index (χ1) is 10.0. The minimum absolute atomic E-state index is 0.316. The molecule has 2 rings (SSSR count). The zero-order chi connectivity index (χ0) is 15.5. The average Bonchev–Trinajstić information content (AvgIpc) is 2.49. The number of hydrogen-bond acceptors (Lipinski definition) is 2. The number of aryl methyl sites for hydroxylation is 1. The molecule has 1 atom stereocenters. The lowest BCUT2D eigenvalue weighted by Gasteiger charge is -2.50. The van der Waals surface area contributed by atoms with Crippen LogP contribution in [0.3, 0.4) is 0 Å². The SMILES string of the molecule is CCC1(CC)CNC(C(C)C)CN1Cc1ccc(C)cc1. The van der Waals surface area contributed by atoms with E-state index in [1.54, 1.807) is 0 Å². The van der Waals surface area contributed by atoms with E-state index < -0.39 is 0 Å². The number of benzene rings is 1. The van der Waals surface area contributed by atoms with Crippen molar-refractivity contribution in [3.63, 3.8) is 0 Å². The van der Waals surface area contributed by atoms with Crippen LogP contribution in [0.4, 0.5) is 0 Å². The maximum absolute atomic E-state index is 3.79. The molecule has 1 aromatic carbocycles. The summed E-state index contributed by atoms with van der Waals surface area (Å²) in [5.41, 5.74) is 3.10. The van der Waals surface area contributed by atoms with Crippen LogP contribution in [0.2, 0.25) is 0 Å². The third-order valence-corrected chi connectivity index (χ3v) is 5.40. The van der Waals surface area contributed by atoms with Gasteiger partial charge in [-0.3, -0.25) is 4.90 Å². The van der Waals surface area contributed by atoms with Gasteiger partial charge in [0.25, 0.3) is 0 Å². The molecule has 0 spiro atoms. The van der Waals surface area contributed by atoms with Crippen LogP contribution in [0.25, 0.3) is 0 Å². The van der Waals surface area contributed by atoms with Crippen LogP contribution >= 0.6 is 0 Å². The molecule has 1 saturated heterocycles. The zero-order valence-electron chi connectivity index (χ0n) is 14.4. The lowest BCUT2D eigenvalue weighted by atomic mass is 9.85. The maximum Gasteiger partial charge on any atom is 0.0333 e. The van der Waals surface area contributed by atoms with E-state index in [2.05, 4.69) is 69.1 Å². The van der Waals surface area contributed by atoms with Crippen molar-refractivity contribution in [2.75, 3.05) is 13.1 Å². The highest BCUT2D eigenvalue weighted by atomic mass is 15.3. The van der Waals surface area contributed by atoms with Crippen molar-refractivity contribution in [3.8, 4) is 0 Å². The molecule has 21 heavy (non-hydrogen) atoms. The fourth-order valence-corrected chi connectivity index (χ4v) is 3.47. The third kappa shape index (κ3) is 3.67. The van der Waals surface area contributed by atoms with E-state index in [-0.39, 0.29) is 0 Å². The summed E-state index contributed by atoms with van der Waals surface area (Å²) in [7, 11) is 0. The van der Waals surface area contributed by atoms with Crippen LogP contribution in [0.5, 0.6) is 0 Å². The Kier molecular flexibility index (Phi) is 5.45. The summed E-state index contributed by atoms with van der Waals surface area (Å²) >= 11 is 0. The molecule has 0 aromatic heterocycles. The molecule has 0 radical (unpaired) electrons. The van der Waals surface area contributed by atoms with Gasteiger partial charge in [-0.2, -0.15) is 0 Å². The van der Waals surface area contributed by atoms with Gasteiger partial charge in [-0.15, -0.1) is 0 Å². The fraction of sp³-hybridized carbons (Fsp3) is 0.684. The van der Waals surface area contributed by atoms with Gasteiger partial charge >= 0.3 is 0 Å². The Morgan fingerprint density at radius 2 is 1.81 bits per heavy atom. The van der Waals surface area contributed by atoms with Crippen LogP contribution in [0.15, 0.2) is 24.3 Å². The Morgan fingerprint density at radius 3 is 2.33 bits per heavy atom. The molecule has 1 aliphatic heterocycles. The average molecular weight is 288 g/mol. The van der Waals surface area contributed by atoms with Crippen molar-refractivity contribution in [1.29, 1.82) is 0 Å². The molecule has 1 fully saturated rings. The van der Waals surface area contributed by atoms with Gasteiger partial charge in [0.05, 0.1) is 0 Å². The van der Waals surface area contributed by atoms with Crippen LogP contribution in [0, 0.1) is 12.8 Å². The van der Waals surface area contributed by atoms with E-state index in [0.29, 0.717) is 17.5 Å². The van der Waals surface area contributed by atoms with E-state index in [1.165, 1.54) is 24.0 Å². The van der Waals surface area contributed by atoms with E-state index in [9.17, 15) is 0 Å². The second kappa shape index (κ2) is 6.93. The van der Waals surface area contributed by atoms with Crippen molar-refractivity contribution < 1.29 is 0 Å². The Morgan fingerprint density at radius 1 is 1.19 bits per heavy atom. The topological polar surface area (TPSA) is 15.3 Å². The zero-order valence-corrected chi connectivity index (χ0v) is 14.4. The Hall–Kier alpha value is -0.860. The highest BCUT2D eigenvalue weighted by molar-refractivity contribution is 5.21.